The third-order valence-corrected chi connectivity index (χ3v) is 12.8. The van der Waals surface area contributed by atoms with Crippen molar-refractivity contribution >= 4 is 5.57 Å². The Morgan fingerprint density at radius 3 is 2.44 bits per heavy atom. The summed E-state index contributed by atoms with van der Waals surface area (Å²) in [6, 6.07) is 38.1. The Morgan fingerprint density at radius 2 is 1.50 bits per heavy atom. The largest absolute Gasteiger partial charge is 0.483 e. The van der Waals surface area contributed by atoms with Crippen molar-refractivity contribution in [3.63, 3.8) is 0 Å². The third kappa shape index (κ3) is 3.90. The number of nitrogens with zero attached hydrogens (tertiary/aromatic N) is 1. The summed E-state index contributed by atoms with van der Waals surface area (Å²) >= 11 is 0. The highest BCUT2D eigenvalue weighted by atomic mass is 16.5. The van der Waals surface area contributed by atoms with Crippen LogP contribution >= 0.6 is 0 Å². The molecule has 1 fully saturated rings. The monoisotopic (exact) mass is 648 g/mol. The maximum Gasteiger partial charge on any atom is 0.146 e. The van der Waals surface area contributed by atoms with Crippen LogP contribution in [0.1, 0.15) is 58.3 Å². The Labute approximate surface area is 294 Å². The van der Waals surface area contributed by atoms with Gasteiger partial charge in [0.2, 0.25) is 0 Å². The summed E-state index contributed by atoms with van der Waals surface area (Å²) in [6.07, 6.45) is 25.1. The lowest BCUT2D eigenvalue weighted by atomic mass is 9.56. The van der Waals surface area contributed by atoms with Gasteiger partial charge in [-0.05, 0) is 70.4 Å². The maximum atomic E-state index is 7.28. The summed E-state index contributed by atoms with van der Waals surface area (Å²) in [4.78, 5) is 2.68. The normalized spacial score (nSPS) is 32.2. The van der Waals surface area contributed by atoms with Gasteiger partial charge in [-0.3, -0.25) is 5.32 Å². The summed E-state index contributed by atoms with van der Waals surface area (Å²) in [5.74, 6) is 2.12. The molecular formula is C47H40N2O. The van der Waals surface area contributed by atoms with Crippen LogP contribution in [-0.4, -0.2) is 17.2 Å². The molecule has 244 valence electrons. The number of nitrogens with one attached hydrogen (secondary N) is 1. The lowest BCUT2D eigenvalue weighted by molar-refractivity contribution is -0.0496. The molecule has 1 N–H and O–H groups in total. The SMILES string of the molecule is C1=CC2c3ccccc3C3(c4ccccc4OC4C(N5C(c6ccccc6)NC5C5C=C6C(=CC5)CCc5ccccc56)=CC=CC43)C2C=C1. The molecule has 0 radical (unpaired) electrons. The number of aryl methyl sites for hydroxylation is 1. The number of allylic oxidation sites excluding steroid dienone is 9. The van der Waals surface area contributed by atoms with E-state index in [0.717, 1.165) is 25.0 Å². The average Bonchev–Trinajstić information content (AvgIpc) is 3.46. The van der Waals surface area contributed by atoms with Crippen LogP contribution in [0.5, 0.6) is 5.75 Å². The fourth-order valence-corrected chi connectivity index (χ4v) is 10.7. The van der Waals surface area contributed by atoms with Crippen LogP contribution < -0.4 is 10.1 Å². The minimum atomic E-state index is -0.246. The molecule has 3 nitrogen and oxygen atoms in total. The van der Waals surface area contributed by atoms with E-state index in [9.17, 15) is 0 Å². The molecule has 50 heavy (non-hydrogen) atoms. The Kier molecular flexibility index (Phi) is 6.28. The standard InChI is InChI=1S/C47H40N2O/c1-2-14-32(15-3-1)45-48-46(33-28-27-31-26-25-30-13-4-5-16-34(30)37(31)29-33)49(45)42-23-12-22-41-44(42)50-43-24-11-10-21-40(43)47(41)38-19-8-6-17-35(38)36-18-7-9-20-39(36)47/h1-24,27,29,33,35,38,41,44-46,48H,25-26,28H2. The molecule has 2 heterocycles. The molecule has 1 saturated heterocycles. The van der Waals surface area contributed by atoms with Gasteiger partial charge in [0.25, 0.3) is 0 Å². The number of benzene rings is 4. The van der Waals surface area contributed by atoms with Crippen molar-refractivity contribution in [2.45, 2.75) is 49.0 Å². The van der Waals surface area contributed by atoms with Crippen molar-refractivity contribution in [3.8, 4) is 5.75 Å². The Hall–Kier alpha value is -5.12. The van der Waals surface area contributed by atoms with Crippen molar-refractivity contribution in [2.75, 3.05) is 0 Å². The molecule has 3 heteroatoms. The van der Waals surface area contributed by atoms with Crippen LogP contribution in [0.4, 0.5) is 0 Å². The molecular weight excluding hydrogens is 609 g/mol. The first-order valence-corrected chi connectivity index (χ1v) is 18.5. The summed E-state index contributed by atoms with van der Waals surface area (Å²) < 4.78 is 7.28. The summed E-state index contributed by atoms with van der Waals surface area (Å²) in [7, 11) is 0. The zero-order valence-electron chi connectivity index (χ0n) is 28.0. The predicted molar refractivity (Wildman–Crippen MR) is 200 cm³/mol. The summed E-state index contributed by atoms with van der Waals surface area (Å²) in [6.45, 7) is 0. The first-order valence-electron chi connectivity index (χ1n) is 18.5. The molecule has 5 aliphatic carbocycles. The van der Waals surface area contributed by atoms with E-state index >= 15 is 0 Å². The molecule has 2 aliphatic heterocycles. The van der Waals surface area contributed by atoms with Crippen molar-refractivity contribution in [1.82, 2.24) is 10.2 Å². The number of para-hydroxylation sites is 1. The highest BCUT2D eigenvalue weighted by Crippen LogP contribution is 2.65. The number of fused-ring (bicyclic) bond motifs is 12. The third-order valence-electron chi connectivity index (χ3n) is 12.8. The quantitative estimate of drug-likeness (QED) is 0.240. The second kappa shape index (κ2) is 10.9. The second-order valence-corrected chi connectivity index (χ2v) is 15.0. The van der Waals surface area contributed by atoms with E-state index in [4.69, 9.17) is 4.74 Å². The van der Waals surface area contributed by atoms with Crippen LogP contribution in [0, 0.1) is 17.8 Å². The zero-order valence-corrected chi connectivity index (χ0v) is 28.0. The first kappa shape index (κ1) is 28.7. The summed E-state index contributed by atoms with van der Waals surface area (Å²) in [5.41, 5.74) is 12.4. The van der Waals surface area contributed by atoms with Gasteiger partial charge in [-0.15, -0.1) is 0 Å². The van der Waals surface area contributed by atoms with Crippen molar-refractivity contribution in [1.29, 1.82) is 0 Å². The minimum absolute atomic E-state index is 0.0693. The second-order valence-electron chi connectivity index (χ2n) is 15.0. The van der Waals surface area contributed by atoms with Gasteiger partial charge in [0.15, 0.2) is 0 Å². The van der Waals surface area contributed by atoms with Crippen molar-refractivity contribution in [3.05, 3.63) is 202 Å². The fourth-order valence-electron chi connectivity index (χ4n) is 10.7. The number of rotatable bonds is 3. The van der Waals surface area contributed by atoms with Crippen LogP contribution in [0.2, 0.25) is 0 Å². The molecule has 0 aromatic heterocycles. The van der Waals surface area contributed by atoms with Gasteiger partial charge in [-0.25, -0.2) is 0 Å². The highest BCUT2D eigenvalue weighted by molar-refractivity contribution is 5.83. The van der Waals surface area contributed by atoms with Crippen molar-refractivity contribution in [2.24, 2.45) is 17.8 Å². The molecule has 11 rings (SSSR count). The number of hydrogen-bond acceptors (Lipinski definition) is 3. The molecule has 8 unspecified atom stereocenters. The summed E-state index contributed by atoms with van der Waals surface area (Å²) in [5, 5.41) is 4.08. The van der Waals surface area contributed by atoms with Crippen LogP contribution in [0.15, 0.2) is 169 Å². The number of hydrogen-bond donors (Lipinski definition) is 1. The van der Waals surface area contributed by atoms with Gasteiger partial charge in [0.05, 0.1) is 11.9 Å². The van der Waals surface area contributed by atoms with Crippen LogP contribution in [0.25, 0.3) is 5.57 Å². The van der Waals surface area contributed by atoms with Crippen LogP contribution in [-0.2, 0) is 11.8 Å². The maximum absolute atomic E-state index is 7.28. The molecule has 1 spiro atoms. The minimum Gasteiger partial charge on any atom is -0.483 e. The smallest absolute Gasteiger partial charge is 0.146 e. The van der Waals surface area contributed by atoms with Gasteiger partial charge >= 0.3 is 0 Å². The van der Waals surface area contributed by atoms with Gasteiger partial charge in [0.1, 0.15) is 18.0 Å². The van der Waals surface area contributed by atoms with Crippen molar-refractivity contribution < 1.29 is 4.74 Å². The van der Waals surface area contributed by atoms with E-state index < -0.39 is 0 Å². The van der Waals surface area contributed by atoms with E-state index in [1.165, 1.54) is 50.2 Å². The first-order chi connectivity index (χ1) is 24.8. The molecule has 0 bridgehead atoms. The average molecular weight is 649 g/mol. The Bertz CT molecular complexity index is 2220. The fraction of sp³-hybridized carbons (Fsp3) is 0.234. The van der Waals surface area contributed by atoms with E-state index in [-0.39, 0.29) is 29.8 Å². The van der Waals surface area contributed by atoms with Gasteiger partial charge in [0, 0.05) is 34.7 Å². The van der Waals surface area contributed by atoms with E-state index in [0.29, 0.717) is 17.8 Å². The van der Waals surface area contributed by atoms with Gasteiger partial charge in [-0.1, -0.05) is 146 Å². The van der Waals surface area contributed by atoms with Gasteiger partial charge < -0.3 is 9.64 Å². The van der Waals surface area contributed by atoms with E-state index in [1.807, 2.05) is 0 Å². The van der Waals surface area contributed by atoms with E-state index in [2.05, 4.69) is 168 Å². The molecule has 4 aromatic carbocycles. The Morgan fingerprint density at radius 1 is 0.720 bits per heavy atom. The van der Waals surface area contributed by atoms with Crippen LogP contribution in [0.3, 0.4) is 0 Å². The van der Waals surface area contributed by atoms with E-state index in [1.54, 1.807) is 0 Å². The predicted octanol–water partition coefficient (Wildman–Crippen LogP) is 9.55. The molecule has 0 saturated carbocycles. The molecule has 0 amide bonds. The molecule has 7 aliphatic rings. The lowest BCUT2D eigenvalue weighted by Crippen LogP contribution is -2.68. The van der Waals surface area contributed by atoms with Gasteiger partial charge in [-0.2, -0.15) is 0 Å². The lowest BCUT2D eigenvalue weighted by Gasteiger charge is -2.59. The zero-order chi connectivity index (χ0) is 32.8. The highest BCUT2D eigenvalue weighted by Gasteiger charge is 2.62. The molecule has 8 atom stereocenters. The molecule has 4 aromatic rings. The number of ether oxygens (including phenoxy) is 1. The Balaban J connectivity index is 1.05. The topological polar surface area (TPSA) is 24.5 Å².